The molecule has 1 amide bonds. The highest BCUT2D eigenvalue weighted by Gasteiger charge is 2.17. The third-order valence-electron chi connectivity index (χ3n) is 2.95. The van der Waals surface area contributed by atoms with Crippen molar-refractivity contribution in [1.82, 2.24) is 0 Å². The predicted octanol–water partition coefficient (Wildman–Crippen LogP) is 3.29. The van der Waals surface area contributed by atoms with E-state index in [9.17, 15) is 9.90 Å². The summed E-state index contributed by atoms with van der Waals surface area (Å²) in [6, 6.07) is 11.3. The second-order valence-electron chi connectivity index (χ2n) is 4.31. The number of anilines is 2. The quantitative estimate of drug-likeness (QED) is 0.852. The van der Waals surface area contributed by atoms with Gasteiger partial charge >= 0.3 is 0 Å². The van der Waals surface area contributed by atoms with E-state index in [1.54, 1.807) is 47.4 Å². The molecule has 0 aliphatic heterocycles. The Hall–Kier alpha value is -2.20. The molecule has 0 aliphatic carbocycles. The van der Waals surface area contributed by atoms with Crippen LogP contribution in [0.1, 0.15) is 17.3 Å². The first kappa shape index (κ1) is 14.2. The maximum absolute atomic E-state index is 12.5. The lowest BCUT2D eigenvalue weighted by atomic mass is 10.1. The average Bonchev–Trinajstić information content (AvgIpc) is 2.42. The fraction of sp³-hybridized carbons (Fsp3) is 0.133. The highest BCUT2D eigenvalue weighted by molar-refractivity contribution is 6.33. The molecule has 104 valence electrons. The van der Waals surface area contributed by atoms with Crippen LogP contribution in [-0.4, -0.2) is 17.6 Å². The first-order valence-electron chi connectivity index (χ1n) is 6.19. The molecule has 0 fully saturated rings. The Morgan fingerprint density at radius 3 is 2.65 bits per heavy atom. The largest absolute Gasteiger partial charge is 0.508 e. The third kappa shape index (κ3) is 2.86. The fourth-order valence-electron chi connectivity index (χ4n) is 1.92. The minimum absolute atomic E-state index is 0.115. The normalized spacial score (nSPS) is 10.3. The lowest BCUT2D eigenvalue weighted by Gasteiger charge is -2.21. The van der Waals surface area contributed by atoms with Crippen LogP contribution in [0.2, 0.25) is 5.02 Å². The van der Waals surface area contributed by atoms with E-state index in [-0.39, 0.29) is 11.7 Å². The molecule has 0 saturated carbocycles. The molecule has 4 nitrogen and oxygen atoms in total. The van der Waals surface area contributed by atoms with Gasteiger partial charge in [0.1, 0.15) is 5.75 Å². The SMILES string of the molecule is CCN(C(=O)c1ccc(N)c(Cl)c1)c1cccc(O)c1. The van der Waals surface area contributed by atoms with Crippen molar-refractivity contribution >= 4 is 28.9 Å². The lowest BCUT2D eigenvalue weighted by molar-refractivity contribution is 0.0988. The minimum Gasteiger partial charge on any atom is -0.508 e. The molecule has 0 saturated heterocycles. The number of phenolic OH excluding ortho intramolecular Hbond substituents is 1. The van der Waals surface area contributed by atoms with Gasteiger partial charge in [0.2, 0.25) is 0 Å². The molecule has 0 radical (unpaired) electrons. The van der Waals surface area contributed by atoms with Crippen molar-refractivity contribution in [1.29, 1.82) is 0 Å². The van der Waals surface area contributed by atoms with Gasteiger partial charge in [-0.25, -0.2) is 0 Å². The first-order valence-corrected chi connectivity index (χ1v) is 6.56. The summed E-state index contributed by atoms with van der Waals surface area (Å²) in [4.78, 5) is 14.1. The zero-order chi connectivity index (χ0) is 14.7. The summed E-state index contributed by atoms with van der Waals surface area (Å²) < 4.78 is 0. The summed E-state index contributed by atoms with van der Waals surface area (Å²) in [6.07, 6.45) is 0. The van der Waals surface area contributed by atoms with Gasteiger partial charge in [-0.1, -0.05) is 17.7 Å². The van der Waals surface area contributed by atoms with Crippen molar-refractivity contribution in [3.8, 4) is 5.75 Å². The molecule has 0 aliphatic rings. The average molecular weight is 291 g/mol. The van der Waals surface area contributed by atoms with E-state index in [0.717, 1.165) is 0 Å². The van der Waals surface area contributed by atoms with Crippen LogP contribution >= 0.6 is 11.6 Å². The number of nitrogens with zero attached hydrogens (tertiary/aromatic N) is 1. The van der Waals surface area contributed by atoms with Crippen molar-refractivity contribution in [2.75, 3.05) is 17.2 Å². The Labute approximate surface area is 122 Å². The van der Waals surface area contributed by atoms with Gasteiger partial charge in [-0.15, -0.1) is 0 Å². The van der Waals surface area contributed by atoms with E-state index in [0.29, 0.717) is 28.5 Å². The number of carbonyl (C=O) groups excluding carboxylic acids is 1. The summed E-state index contributed by atoms with van der Waals surface area (Å²) in [5, 5.41) is 9.86. The fourth-order valence-corrected chi connectivity index (χ4v) is 2.10. The number of phenols is 1. The van der Waals surface area contributed by atoms with Crippen LogP contribution in [-0.2, 0) is 0 Å². The van der Waals surface area contributed by atoms with E-state index in [1.807, 2.05) is 6.92 Å². The molecule has 2 aromatic carbocycles. The van der Waals surface area contributed by atoms with Gasteiger partial charge in [-0.3, -0.25) is 4.79 Å². The number of nitrogens with two attached hydrogens (primary N) is 1. The molecule has 2 aromatic rings. The molecular formula is C15H15ClN2O2. The summed E-state index contributed by atoms with van der Waals surface area (Å²) in [7, 11) is 0. The van der Waals surface area contributed by atoms with Crippen molar-refractivity contribution in [2.45, 2.75) is 6.92 Å². The molecule has 0 bridgehead atoms. The van der Waals surface area contributed by atoms with E-state index >= 15 is 0 Å². The monoisotopic (exact) mass is 290 g/mol. The molecule has 0 unspecified atom stereocenters. The van der Waals surface area contributed by atoms with Gasteiger partial charge < -0.3 is 15.7 Å². The highest BCUT2D eigenvalue weighted by Crippen LogP contribution is 2.24. The number of carbonyl (C=O) groups is 1. The van der Waals surface area contributed by atoms with Crippen molar-refractivity contribution in [2.24, 2.45) is 0 Å². The molecular weight excluding hydrogens is 276 g/mol. The molecule has 0 heterocycles. The van der Waals surface area contributed by atoms with Gasteiger partial charge in [0.05, 0.1) is 10.7 Å². The lowest BCUT2D eigenvalue weighted by Crippen LogP contribution is -2.30. The minimum atomic E-state index is -0.194. The molecule has 5 heteroatoms. The standard InChI is InChI=1S/C15H15ClN2O2/c1-2-18(11-4-3-5-12(19)9-11)15(20)10-6-7-14(17)13(16)8-10/h3-9,19H,2,17H2,1H3. The second-order valence-corrected chi connectivity index (χ2v) is 4.71. The van der Waals surface area contributed by atoms with E-state index in [2.05, 4.69) is 0 Å². The van der Waals surface area contributed by atoms with Crippen LogP contribution in [0.5, 0.6) is 5.75 Å². The number of benzene rings is 2. The van der Waals surface area contributed by atoms with Gasteiger partial charge in [0.15, 0.2) is 0 Å². The highest BCUT2D eigenvalue weighted by atomic mass is 35.5. The maximum atomic E-state index is 12.5. The number of aromatic hydroxyl groups is 1. The van der Waals surface area contributed by atoms with E-state index in [4.69, 9.17) is 17.3 Å². The Balaban J connectivity index is 2.36. The Morgan fingerprint density at radius 2 is 2.05 bits per heavy atom. The van der Waals surface area contributed by atoms with Crippen molar-refractivity contribution in [3.05, 3.63) is 53.1 Å². The molecule has 20 heavy (non-hydrogen) atoms. The van der Waals surface area contributed by atoms with Gasteiger partial charge in [-0.05, 0) is 37.3 Å². The van der Waals surface area contributed by atoms with Crippen LogP contribution in [0.3, 0.4) is 0 Å². The zero-order valence-electron chi connectivity index (χ0n) is 11.0. The Kier molecular flexibility index (Phi) is 4.15. The van der Waals surface area contributed by atoms with Crippen LogP contribution in [0.4, 0.5) is 11.4 Å². The van der Waals surface area contributed by atoms with Crippen molar-refractivity contribution < 1.29 is 9.90 Å². The molecule has 2 rings (SSSR count). The second kappa shape index (κ2) is 5.84. The summed E-state index contributed by atoms with van der Waals surface area (Å²) in [5.74, 6) is -0.0795. The number of hydrogen-bond donors (Lipinski definition) is 2. The molecule has 3 N–H and O–H groups in total. The summed E-state index contributed by atoms with van der Waals surface area (Å²) in [6.45, 7) is 2.34. The predicted molar refractivity (Wildman–Crippen MR) is 81.3 cm³/mol. The van der Waals surface area contributed by atoms with Crippen LogP contribution < -0.4 is 10.6 Å². The smallest absolute Gasteiger partial charge is 0.258 e. The van der Waals surface area contributed by atoms with Crippen molar-refractivity contribution in [3.63, 3.8) is 0 Å². The number of rotatable bonds is 3. The molecule has 0 atom stereocenters. The first-order chi connectivity index (χ1) is 9.52. The molecule has 0 spiro atoms. The van der Waals surface area contributed by atoms with Gasteiger partial charge in [0.25, 0.3) is 5.91 Å². The van der Waals surface area contributed by atoms with Crippen LogP contribution in [0.25, 0.3) is 0 Å². The maximum Gasteiger partial charge on any atom is 0.258 e. The Morgan fingerprint density at radius 1 is 1.30 bits per heavy atom. The van der Waals surface area contributed by atoms with E-state index < -0.39 is 0 Å². The number of amides is 1. The van der Waals surface area contributed by atoms with Crippen LogP contribution in [0, 0.1) is 0 Å². The number of halogens is 1. The molecule has 0 aromatic heterocycles. The number of nitrogen functional groups attached to an aromatic ring is 1. The Bertz CT molecular complexity index is 644. The zero-order valence-corrected chi connectivity index (χ0v) is 11.8. The summed E-state index contributed by atoms with van der Waals surface area (Å²) >= 11 is 5.94. The number of hydrogen-bond acceptors (Lipinski definition) is 3. The van der Waals surface area contributed by atoms with E-state index in [1.165, 1.54) is 0 Å². The summed E-state index contributed by atoms with van der Waals surface area (Å²) in [5.41, 5.74) is 7.16. The van der Waals surface area contributed by atoms with Gasteiger partial charge in [-0.2, -0.15) is 0 Å². The topological polar surface area (TPSA) is 66.6 Å². The van der Waals surface area contributed by atoms with Crippen LogP contribution in [0.15, 0.2) is 42.5 Å². The third-order valence-corrected chi connectivity index (χ3v) is 3.28. The van der Waals surface area contributed by atoms with Gasteiger partial charge in [0, 0.05) is 23.9 Å².